The first-order chi connectivity index (χ1) is 8.97. The van der Waals surface area contributed by atoms with Crippen LogP contribution in [0.4, 0.5) is 10.1 Å². The Morgan fingerprint density at radius 2 is 2.00 bits per heavy atom. The van der Waals surface area contributed by atoms with E-state index in [0.29, 0.717) is 24.6 Å². The molecule has 0 aliphatic carbocycles. The predicted octanol–water partition coefficient (Wildman–Crippen LogP) is 2.99. The lowest BCUT2D eigenvalue weighted by atomic mass is 10.1. The van der Waals surface area contributed by atoms with Gasteiger partial charge in [0.05, 0.1) is 12.7 Å². The highest BCUT2D eigenvalue weighted by molar-refractivity contribution is 5.55. The second kappa shape index (κ2) is 7.46. The lowest BCUT2D eigenvalue weighted by Crippen LogP contribution is -2.32. The molecule has 0 saturated heterocycles. The fourth-order valence-electron chi connectivity index (χ4n) is 2.17. The van der Waals surface area contributed by atoms with Gasteiger partial charge < -0.3 is 14.7 Å². The zero-order valence-corrected chi connectivity index (χ0v) is 12.2. The van der Waals surface area contributed by atoms with Gasteiger partial charge in [-0.15, -0.1) is 0 Å². The topological polar surface area (TPSA) is 32.7 Å². The number of benzene rings is 1. The summed E-state index contributed by atoms with van der Waals surface area (Å²) in [5.41, 5.74) is 1.11. The highest BCUT2D eigenvalue weighted by Crippen LogP contribution is 2.29. The number of anilines is 1. The van der Waals surface area contributed by atoms with Crippen LogP contribution in [0.1, 0.15) is 32.4 Å². The van der Waals surface area contributed by atoms with Crippen molar-refractivity contribution in [3.63, 3.8) is 0 Å². The van der Waals surface area contributed by atoms with E-state index in [1.165, 1.54) is 6.07 Å². The van der Waals surface area contributed by atoms with Crippen LogP contribution in [0.5, 0.6) is 0 Å². The molecule has 0 fully saturated rings. The van der Waals surface area contributed by atoms with E-state index in [-0.39, 0.29) is 5.82 Å². The molecule has 4 heteroatoms. The zero-order chi connectivity index (χ0) is 14.4. The molecule has 1 aromatic rings. The minimum Gasteiger partial charge on any atom is -0.389 e. The Morgan fingerprint density at radius 3 is 2.53 bits per heavy atom. The van der Waals surface area contributed by atoms with Crippen molar-refractivity contribution in [2.24, 2.45) is 5.92 Å². The minimum atomic E-state index is -0.826. The molecule has 0 heterocycles. The molecule has 1 rings (SSSR count). The maximum atomic E-state index is 13.9. The predicted molar refractivity (Wildman–Crippen MR) is 76.0 cm³/mol. The summed E-state index contributed by atoms with van der Waals surface area (Å²) < 4.78 is 19.0. The molecule has 108 valence electrons. The summed E-state index contributed by atoms with van der Waals surface area (Å²) in [6.07, 6.45) is -0.826. The molecular weight excluding hydrogens is 245 g/mol. The number of ether oxygens (including phenoxy) is 1. The minimum absolute atomic E-state index is 0.360. The summed E-state index contributed by atoms with van der Waals surface area (Å²) in [4.78, 5) is 2.07. The van der Waals surface area contributed by atoms with Crippen molar-refractivity contribution in [2.75, 3.05) is 31.7 Å². The van der Waals surface area contributed by atoms with Crippen LogP contribution < -0.4 is 4.90 Å². The Morgan fingerprint density at radius 1 is 1.32 bits per heavy atom. The van der Waals surface area contributed by atoms with Gasteiger partial charge in [-0.3, -0.25) is 0 Å². The van der Waals surface area contributed by atoms with Crippen LogP contribution >= 0.6 is 0 Å². The molecule has 1 N–H and O–H groups in total. The van der Waals surface area contributed by atoms with Crippen molar-refractivity contribution in [1.29, 1.82) is 0 Å². The second-order valence-electron chi connectivity index (χ2n) is 5.18. The molecular formula is C15H24FNO2. The van der Waals surface area contributed by atoms with Gasteiger partial charge in [0.15, 0.2) is 0 Å². The van der Waals surface area contributed by atoms with Crippen molar-refractivity contribution in [3.05, 3.63) is 29.6 Å². The van der Waals surface area contributed by atoms with E-state index in [2.05, 4.69) is 18.7 Å². The maximum Gasteiger partial charge on any atom is 0.131 e. The lowest BCUT2D eigenvalue weighted by Gasteiger charge is -2.29. The number of nitrogens with zero attached hydrogens (tertiary/aromatic N) is 1. The average Bonchev–Trinajstić information content (AvgIpc) is 2.33. The Bertz CT molecular complexity index is 394. The van der Waals surface area contributed by atoms with Gasteiger partial charge in [0, 0.05) is 31.5 Å². The number of hydrogen-bond donors (Lipinski definition) is 1. The summed E-state index contributed by atoms with van der Waals surface area (Å²) in [5, 5.41) is 9.80. The summed E-state index contributed by atoms with van der Waals surface area (Å²) >= 11 is 0. The van der Waals surface area contributed by atoms with Crippen LogP contribution in [0.3, 0.4) is 0 Å². The van der Waals surface area contributed by atoms with E-state index >= 15 is 0 Å². The molecule has 0 aromatic heterocycles. The molecule has 0 spiro atoms. The number of methoxy groups -OCH3 is 1. The molecule has 0 aliphatic heterocycles. The summed E-state index contributed by atoms with van der Waals surface area (Å²) in [6.45, 7) is 7.86. The van der Waals surface area contributed by atoms with Crippen LogP contribution in [0.25, 0.3) is 0 Å². The van der Waals surface area contributed by atoms with Crippen molar-refractivity contribution in [2.45, 2.75) is 26.9 Å². The third kappa shape index (κ3) is 4.48. The van der Waals surface area contributed by atoms with E-state index in [1.807, 2.05) is 6.07 Å². The summed E-state index contributed by atoms with van der Waals surface area (Å²) in [6, 6.07) is 4.91. The first-order valence-corrected chi connectivity index (χ1v) is 6.67. The van der Waals surface area contributed by atoms with Crippen LogP contribution in [-0.4, -0.2) is 31.9 Å². The Labute approximate surface area is 115 Å². The monoisotopic (exact) mass is 269 g/mol. The number of hydrogen-bond acceptors (Lipinski definition) is 3. The number of aliphatic hydroxyl groups excluding tert-OH is 1. The van der Waals surface area contributed by atoms with Crippen LogP contribution in [0, 0.1) is 11.7 Å². The zero-order valence-electron chi connectivity index (χ0n) is 12.2. The average molecular weight is 269 g/mol. The van der Waals surface area contributed by atoms with E-state index in [0.717, 1.165) is 12.2 Å². The van der Waals surface area contributed by atoms with Gasteiger partial charge in [0.2, 0.25) is 0 Å². The van der Waals surface area contributed by atoms with Gasteiger partial charge in [0.1, 0.15) is 5.82 Å². The summed E-state index contributed by atoms with van der Waals surface area (Å²) in [5.74, 6) is 0.0839. The van der Waals surface area contributed by atoms with Gasteiger partial charge in [-0.25, -0.2) is 4.39 Å². The SMILES string of the molecule is COCCN(CC(C)C)c1cccc(F)c1[C@H](C)O. The number of rotatable bonds is 7. The second-order valence-corrected chi connectivity index (χ2v) is 5.18. The molecule has 0 amide bonds. The first kappa shape index (κ1) is 15.9. The molecule has 0 bridgehead atoms. The fraction of sp³-hybridized carbons (Fsp3) is 0.600. The van der Waals surface area contributed by atoms with E-state index in [4.69, 9.17) is 4.74 Å². The van der Waals surface area contributed by atoms with Crippen molar-refractivity contribution >= 4 is 5.69 Å². The van der Waals surface area contributed by atoms with E-state index in [1.54, 1.807) is 20.1 Å². The van der Waals surface area contributed by atoms with Gasteiger partial charge in [-0.1, -0.05) is 19.9 Å². The maximum absolute atomic E-state index is 13.9. The standard InChI is InChI=1S/C15H24FNO2/c1-11(2)10-17(8-9-19-4)14-7-5-6-13(16)15(14)12(3)18/h5-7,11-12,18H,8-10H2,1-4H3/t12-/m0/s1. The highest BCUT2D eigenvalue weighted by Gasteiger charge is 2.18. The first-order valence-electron chi connectivity index (χ1n) is 6.67. The largest absolute Gasteiger partial charge is 0.389 e. The summed E-state index contributed by atoms with van der Waals surface area (Å²) in [7, 11) is 1.65. The third-order valence-corrected chi connectivity index (χ3v) is 2.94. The molecule has 0 unspecified atom stereocenters. The molecule has 0 radical (unpaired) electrons. The molecule has 3 nitrogen and oxygen atoms in total. The highest BCUT2D eigenvalue weighted by atomic mass is 19.1. The number of aliphatic hydroxyl groups is 1. The van der Waals surface area contributed by atoms with Crippen LogP contribution in [0.15, 0.2) is 18.2 Å². The van der Waals surface area contributed by atoms with Gasteiger partial charge >= 0.3 is 0 Å². The molecule has 0 aliphatic rings. The van der Waals surface area contributed by atoms with Crippen molar-refractivity contribution in [1.82, 2.24) is 0 Å². The van der Waals surface area contributed by atoms with E-state index in [9.17, 15) is 9.50 Å². The number of halogens is 1. The molecule has 0 saturated carbocycles. The Kier molecular flexibility index (Phi) is 6.25. The quantitative estimate of drug-likeness (QED) is 0.826. The smallest absolute Gasteiger partial charge is 0.131 e. The Hall–Kier alpha value is -1.13. The van der Waals surface area contributed by atoms with Gasteiger partial charge in [-0.05, 0) is 25.0 Å². The molecule has 19 heavy (non-hydrogen) atoms. The van der Waals surface area contributed by atoms with Gasteiger partial charge in [0.25, 0.3) is 0 Å². The van der Waals surface area contributed by atoms with Crippen LogP contribution in [0.2, 0.25) is 0 Å². The molecule has 1 aromatic carbocycles. The normalized spacial score (nSPS) is 12.8. The van der Waals surface area contributed by atoms with E-state index < -0.39 is 6.10 Å². The Balaban J connectivity index is 3.09. The third-order valence-electron chi connectivity index (χ3n) is 2.94. The molecule has 1 atom stereocenters. The van der Waals surface area contributed by atoms with Gasteiger partial charge in [-0.2, -0.15) is 0 Å². The van der Waals surface area contributed by atoms with Crippen molar-refractivity contribution < 1.29 is 14.2 Å². The van der Waals surface area contributed by atoms with Crippen molar-refractivity contribution in [3.8, 4) is 0 Å². The van der Waals surface area contributed by atoms with Crippen LogP contribution in [-0.2, 0) is 4.74 Å². The fourth-order valence-corrected chi connectivity index (χ4v) is 2.17. The lowest BCUT2D eigenvalue weighted by molar-refractivity contribution is 0.192.